The Labute approximate surface area is 84.9 Å². The van der Waals surface area contributed by atoms with Crippen LogP contribution in [0.2, 0.25) is 0 Å². The van der Waals surface area contributed by atoms with Gasteiger partial charge in [0.05, 0.1) is 6.61 Å². The molecule has 0 aliphatic rings. The van der Waals surface area contributed by atoms with Gasteiger partial charge in [-0.3, -0.25) is 0 Å². The number of ether oxygens (including phenoxy) is 1. The SMILES string of the molecule is CCCOc1cc(F)c(C)cc1CC. The van der Waals surface area contributed by atoms with Crippen LogP contribution in [0.3, 0.4) is 0 Å². The monoisotopic (exact) mass is 196 g/mol. The van der Waals surface area contributed by atoms with Crippen molar-refractivity contribution >= 4 is 0 Å². The zero-order valence-corrected chi connectivity index (χ0v) is 9.06. The summed E-state index contributed by atoms with van der Waals surface area (Å²) in [5, 5.41) is 0. The summed E-state index contributed by atoms with van der Waals surface area (Å²) >= 11 is 0. The quantitative estimate of drug-likeness (QED) is 0.716. The predicted molar refractivity (Wildman–Crippen MR) is 56.3 cm³/mol. The molecule has 0 unspecified atom stereocenters. The van der Waals surface area contributed by atoms with E-state index in [0.717, 1.165) is 18.4 Å². The van der Waals surface area contributed by atoms with Gasteiger partial charge in [-0.05, 0) is 37.0 Å². The number of benzene rings is 1. The van der Waals surface area contributed by atoms with Crippen molar-refractivity contribution in [3.8, 4) is 5.75 Å². The fourth-order valence-electron chi connectivity index (χ4n) is 1.35. The number of hydrogen-bond donors (Lipinski definition) is 0. The number of aryl methyl sites for hydroxylation is 2. The van der Waals surface area contributed by atoms with E-state index in [1.807, 2.05) is 19.9 Å². The van der Waals surface area contributed by atoms with E-state index in [2.05, 4.69) is 0 Å². The molecule has 1 aromatic carbocycles. The van der Waals surface area contributed by atoms with E-state index in [4.69, 9.17) is 4.74 Å². The van der Waals surface area contributed by atoms with Crippen LogP contribution in [0.4, 0.5) is 4.39 Å². The molecule has 0 N–H and O–H groups in total. The molecular weight excluding hydrogens is 179 g/mol. The summed E-state index contributed by atoms with van der Waals surface area (Å²) in [5.41, 5.74) is 1.77. The summed E-state index contributed by atoms with van der Waals surface area (Å²) in [7, 11) is 0. The van der Waals surface area contributed by atoms with Crippen LogP contribution in [0.25, 0.3) is 0 Å². The smallest absolute Gasteiger partial charge is 0.129 e. The lowest BCUT2D eigenvalue weighted by atomic mass is 10.1. The number of rotatable bonds is 4. The van der Waals surface area contributed by atoms with Gasteiger partial charge >= 0.3 is 0 Å². The van der Waals surface area contributed by atoms with E-state index in [-0.39, 0.29) is 5.82 Å². The van der Waals surface area contributed by atoms with E-state index in [9.17, 15) is 4.39 Å². The van der Waals surface area contributed by atoms with E-state index >= 15 is 0 Å². The molecule has 2 heteroatoms. The van der Waals surface area contributed by atoms with Gasteiger partial charge < -0.3 is 4.74 Å². The Kier molecular flexibility index (Phi) is 3.93. The van der Waals surface area contributed by atoms with Gasteiger partial charge in [-0.2, -0.15) is 0 Å². The van der Waals surface area contributed by atoms with Crippen molar-refractivity contribution in [2.75, 3.05) is 6.61 Å². The molecule has 0 heterocycles. The zero-order valence-electron chi connectivity index (χ0n) is 9.06. The van der Waals surface area contributed by atoms with Crippen molar-refractivity contribution in [1.82, 2.24) is 0 Å². The highest BCUT2D eigenvalue weighted by Gasteiger charge is 2.06. The first-order chi connectivity index (χ1) is 6.69. The fourth-order valence-corrected chi connectivity index (χ4v) is 1.35. The lowest BCUT2D eigenvalue weighted by Crippen LogP contribution is -2.00. The van der Waals surface area contributed by atoms with Crippen molar-refractivity contribution < 1.29 is 9.13 Å². The second-order valence-electron chi connectivity index (χ2n) is 3.41. The van der Waals surface area contributed by atoms with Crippen LogP contribution in [0.15, 0.2) is 12.1 Å². The zero-order chi connectivity index (χ0) is 10.6. The van der Waals surface area contributed by atoms with Crippen molar-refractivity contribution in [2.24, 2.45) is 0 Å². The molecular formula is C12H17FO. The average molecular weight is 196 g/mol. The summed E-state index contributed by atoms with van der Waals surface area (Å²) in [6, 6.07) is 3.35. The van der Waals surface area contributed by atoms with Gasteiger partial charge in [0.15, 0.2) is 0 Å². The van der Waals surface area contributed by atoms with Gasteiger partial charge in [0, 0.05) is 6.07 Å². The van der Waals surface area contributed by atoms with Crippen LogP contribution in [-0.2, 0) is 6.42 Å². The molecule has 0 aromatic heterocycles. The second-order valence-corrected chi connectivity index (χ2v) is 3.41. The Morgan fingerprint density at radius 1 is 1.29 bits per heavy atom. The normalized spacial score (nSPS) is 10.3. The molecule has 78 valence electrons. The molecule has 1 rings (SSSR count). The number of halogens is 1. The van der Waals surface area contributed by atoms with Crippen molar-refractivity contribution in [1.29, 1.82) is 0 Å². The molecule has 0 aliphatic carbocycles. The highest BCUT2D eigenvalue weighted by molar-refractivity contribution is 5.37. The van der Waals surface area contributed by atoms with E-state index < -0.39 is 0 Å². The molecule has 0 saturated carbocycles. The molecule has 1 aromatic rings. The van der Waals surface area contributed by atoms with Gasteiger partial charge in [0.25, 0.3) is 0 Å². The Hall–Kier alpha value is -1.05. The standard InChI is InChI=1S/C12H17FO/c1-4-6-14-12-8-11(13)9(3)7-10(12)5-2/h7-8H,4-6H2,1-3H3. The maximum absolute atomic E-state index is 13.2. The first-order valence-electron chi connectivity index (χ1n) is 5.10. The minimum atomic E-state index is -0.187. The Morgan fingerprint density at radius 3 is 2.57 bits per heavy atom. The van der Waals surface area contributed by atoms with Crippen LogP contribution in [0.1, 0.15) is 31.4 Å². The Balaban J connectivity index is 2.95. The summed E-state index contributed by atoms with van der Waals surface area (Å²) in [5.74, 6) is 0.505. The number of hydrogen-bond acceptors (Lipinski definition) is 1. The molecule has 1 nitrogen and oxygen atoms in total. The lowest BCUT2D eigenvalue weighted by Gasteiger charge is -2.11. The maximum Gasteiger partial charge on any atom is 0.129 e. The van der Waals surface area contributed by atoms with Crippen LogP contribution in [-0.4, -0.2) is 6.61 Å². The van der Waals surface area contributed by atoms with Gasteiger partial charge in [0.2, 0.25) is 0 Å². The molecule has 0 radical (unpaired) electrons. The molecule has 0 saturated heterocycles. The first-order valence-corrected chi connectivity index (χ1v) is 5.10. The molecule has 14 heavy (non-hydrogen) atoms. The summed E-state index contributed by atoms with van der Waals surface area (Å²) < 4.78 is 18.7. The molecule has 0 aliphatic heterocycles. The lowest BCUT2D eigenvalue weighted by molar-refractivity contribution is 0.312. The third-order valence-corrected chi connectivity index (χ3v) is 2.18. The summed E-state index contributed by atoms with van der Waals surface area (Å²) in [4.78, 5) is 0. The third kappa shape index (κ3) is 2.47. The Bertz CT molecular complexity index is 307. The van der Waals surface area contributed by atoms with Crippen molar-refractivity contribution in [3.63, 3.8) is 0 Å². The second kappa shape index (κ2) is 4.99. The van der Waals surface area contributed by atoms with E-state index in [1.165, 1.54) is 6.07 Å². The van der Waals surface area contributed by atoms with Crippen LogP contribution in [0, 0.1) is 12.7 Å². The molecule has 0 amide bonds. The molecule has 0 spiro atoms. The summed E-state index contributed by atoms with van der Waals surface area (Å²) in [6.45, 7) is 6.51. The minimum Gasteiger partial charge on any atom is -0.493 e. The largest absolute Gasteiger partial charge is 0.493 e. The van der Waals surface area contributed by atoms with Crippen molar-refractivity contribution in [3.05, 3.63) is 29.1 Å². The first kappa shape index (κ1) is 11.0. The highest BCUT2D eigenvalue weighted by atomic mass is 19.1. The fraction of sp³-hybridized carbons (Fsp3) is 0.500. The van der Waals surface area contributed by atoms with Gasteiger partial charge in [-0.15, -0.1) is 0 Å². The van der Waals surface area contributed by atoms with Crippen LogP contribution >= 0.6 is 0 Å². The molecule has 0 fully saturated rings. The Morgan fingerprint density at radius 2 is 2.00 bits per heavy atom. The average Bonchev–Trinajstić information content (AvgIpc) is 2.19. The maximum atomic E-state index is 13.2. The van der Waals surface area contributed by atoms with E-state index in [0.29, 0.717) is 17.9 Å². The summed E-state index contributed by atoms with van der Waals surface area (Å²) in [6.07, 6.45) is 1.82. The third-order valence-electron chi connectivity index (χ3n) is 2.18. The van der Waals surface area contributed by atoms with Crippen LogP contribution < -0.4 is 4.74 Å². The van der Waals surface area contributed by atoms with Crippen LogP contribution in [0.5, 0.6) is 5.75 Å². The van der Waals surface area contributed by atoms with Gasteiger partial charge in [0.1, 0.15) is 11.6 Å². The van der Waals surface area contributed by atoms with Crippen molar-refractivity contribution in [2.45, 2.75) is 33.6 Å². The van der Waals surface area contributed by atoms with Gasteiger partial charge in [-0.1, -0.05) is 13.8 Å². The van der Waals surface area contributed by atoms with Gasteiger partial charge in [-0.25, -0.2) is 4.39 Å². The minimum absolute atomic E-state index is 0.187. The predicted octanol–water partition coefficient (Wildman–Crippen LogP) is 3.49. The highest BCUT2D eigenvalue weighted by Crippen LogP contribution is 2.23. The molecule has 0 atom stereocenters. The molecule has 0 bridgehead atoms. The topological polar surface area (TPSA) is 9.23 Å². The van der Waals surface area contributed by atoms with E-state index in [1.54, 1.807) is 6.92 Å².